The van der Waals surface area contributed by atoms with E-state index < -0.39 is 6.10 Å². The van der Waals surface area contributed by atoms with Crippen LogP contribution < -0.4 is 0 Å². The van der Waals surface area contributed by atoms with Gasteiger partial charge in [0, 0.05) is 32.1 Å². The molecular formula is C14H20N8O3. The van der Waals surface area contributed by atoms with E-state index in [1.807, 2.05) is 4.90 Å². The fourth-order valence-corrected chi connectivity index (χ4v) is 2.96. The molecule has 2 N–H and O–H groups in total. The van der Waals surface area contributed by atoms with Crippen molar-refractivity contribution in [2.45, 2.75) is 37.8 Å². The van der Waals surface area contributed by atoms with Gasteiger partial charge in [0.2, 0.25) is 11.8 Å². The Hall–Kier alpha value is -2.40. The van der Waals surface area contributed by atoms with Gasteiger partial charge in [-0.05, 0) is 12.8 Å². The van der Waals surface area contributed by atoms with Crippen molar-refractivity contribution in [3.63, 3.8) is 0 Å². The molecule has 0 spiro atoms. The lowest BCUT2D eigenvalue weighted by atomic mass is 10.3. The molecule has 134 valence electrons. The summed E-state index contributed by atoms with van der Waals surface area (Å²) in [5.41, 5.74) is 0. The van der Waals surface area contributed by atoms with Crippen LogP contribution in [0, 0.1) is 0 Å². The smallest absolute Gasteiger partial charge is 0.240 e. The lowest BCUT2D eigenvalue weighted by molar-refractivity contribution is -0.131. The number of aliphatic hydroxyl groups is 1. The third-order valence-electron chi connectivity index (χ3n) is 4.42. The van der Waals surface area contributed by atoms with Crippen molar-refractivity contribution in [2.24, 2.45) is 0 Å². The van der Waals surface area contributed by atoms with Crippen molar-refractivity contribution >= 4 is 5.91 Å². The molecule has 1 saturated carbocycles. The number of amides is 1. The van der Waals surface area contributed by atoms with Crippen molar-refractivity contribution in [1.29, 1.82) is 0 Å². The molecule has 0 bridgehead atoms. The van der Waals surface area contributed by atoms with Gasteiger partial charge < -0.3 is 14.5 Å². The van der Waals surface area contributed by atoms with Gasteiger partial charge in [-0.1, -0.05) is 10.4 Å². The van der Waals surface area contributed by atoms with Gasteiger partial charge in [-0.25, -0.2) is 0 Å². The summed E-state index contributed by atoms with van der Waals surface area (Å²) in [6.07, 6.45) is 1.68. The van der Waals surface area contributed by atoms with Crippen molar-refractivity contribution in [1.82, 2.24) is 40.6 Å². The number of tetrazole rings is 1. The topological polar surface area (TPSA) is 137 Å². The molecule has 11 heteroatoms. The molecule has 1 atom stereocenters. The van der Waals surface area contributed by atoms with Crippen LogP contribution in [0.25, 0.3) is 0 Å². The Bertz CT molecular complexity index is 713. The van der Waals surface area contributed by atoms with E-state index in [0.717, 1.165) is 18.7 Å². The van der Waals surface area contributed by atoms with Gasteiger partial charge in [0.1, 0.15) is 0 Å². The van der Waals surface area contributed by atoms with E-state index in [2.05, 4.69) is 30.8 Å². The summed E-state index contributed by atoms with van der Waals surface area (Å²) in [6, 6.07) is 0. The number of aromatic nitrogens is 6. The van der Waals surface area contributed by atoms with E-state index in [-0.39, 0.29) is 18.9 Å². The summed E-state index contributed by atoms with van der Waals surface area (Å²) < 4.78 is 5.30. The Balaban J connectivity index is 1.34. The van der Waals surface area contributed by atoms with Crippen LogP contribution in [0.15, 0.2) is 4.52 Å². The van der Waals surface area contributed by atoms with Crippen molar-refractivity contribution in [3.05, 3.63) is 17.5 Å². The first-order chi connectivity index (χ1) is 12.2. The Labute approximate surface area is 143 Å². The molecule has 2 aromatic rings. The molecule has 1 aliphatic carbocycles. The van der Waals surface area contributed by atoms with Crippen molar-refractivity contribution in [2.75, 3.05) is 26.2 Å². The van der Waals surface area contributed by atoms with Gasteiger partial charge in [-0.15, -0.1) is 10.2 Å². The van der Waals surface area contributed by atoms with E-state index in [1.165, 1.54) is 0 Å². The van der Waals surface area contributed by atoms with Crippen LogP contribution in [0.4, 0.5) is 0 Å². The zero-order valence-corrected chi connectivity index (χ0v) is 13.7. The predicted octanol–water partition coefficient (Wildman–Crippen LogP) is -1.29. The fraction of sp³-hybridized carbons (Fsp3) is 0.714. The third-order valence-corrected chi connectivity index (χ3v) is 4.42. The highest BCUT2D eigenvalue weighted by Crippen LogP contribution is 2.38. The summed E-state index contributed by atoms with van der Waals surface area (Å²) in [5.74, 6) is 2.00. The zero-order valence-electron chi connectivity index (χ0n) is 13.7. The molecule has 1 unspecified atom stereocenters. The number of hydrogen-bond acceptors (Lipinski definition) is 9. The van der Waals surface area contributed by atoms with Crippen LogP contribution in [0.2, 0.25) is 0 Å². The molecule has 4 rings (SSSR count). The zero-order chi connectivity index (χ0) is 17.2. The molecule has 0 radical (unpaired) electrons. The summed E-state index contributed by atoms with van der Waals surface area (Å²) in [7, 11) is 0. The number of carbonyl (C=O) groups excluding carboxylic acids is 1. The number of β-amino-alcohol motifs (C(OH)–C–C–N with tert-alkyl or cyclic N) is 1. The minimum absolute atomic E-state index is 0.0671. The number of H-pyrrole nitrogens is 1. The predicted molar refractivity (Wildman–Crippen MR) is 82.0 cm³/mol. The van der Waals surface area contributed by atoms with Crippen molar-refractivity contribution in [3.8, 4) is 0 Å². The van der Waals surface area contributed by atoms with E-state index in [9.17, 15) is 9.90 Å². The summed E-state index contributed by atoms with van der Waals surface area (Å²) in [4.78, 5) is 20.4. The Morgan fingerprint density at radius 2 is 2.20 bits per heavy atom. The highest BCUT2D eigenvalue weighted by Gasteiger charge is 2.30. The van der Waals surface area contributed by atoms with E-state index in [1.54, 1.807) is 4.90 Å². The van der Waals surface area contributed by atoms with Gasteiger partial charge in [-0.3, -0.25) is 9.69 Å². The fourth-order valence-electron chi connectivity index (χ4n) is 2.96. The molecule has 0 aromatic carbocycles. The molecule has 1 amide bonds. The number of aliphatic hydroxyl groups excluding tert-OH is 1. The largest absolute Gasteiger partial charge is 0.390 e. The second-order valence-electron chi connectivity index (χ2n) is 6.55. The first kappa shape index (κ1) is 16.1. The second-order valence-corrected chi connectivity index (χ2v) is 6.55. The molecule has 1 aliphatic heterocycles. The average Bonchev–Trinajstić information content (AvgIpc) is 3.18. The Morgan fingerprint density at radius 1 is 1.32 bits per heavy atom. The molecule has 25 heavy (non-hydrogen) atoms. The molecule has 1 saturated heterocycles. The van der Waals surface area contributed by atoms with Gasteiger partial charge in [0.25, 0.3) is 0 Å². The van der Waals surface area contributed by atoms with Crippen LogP contribution in [-0.2, 0) is 17.8 Å². The highest BCUT2D eigenvalue weighted by atomic mass is 16.5. The van der Waals surface area contributed by atoms with Gasteiger partial charge in [-0.2, -0.15) is 10.2 Å². The van der Waals surface area contributed by atoms with Gasteiger partial charge in [0.15, 0.2) is 11.6 Å². The molecule has 11 nitrogen and oxygen atoms in total. The number of carbonyl (C=O) groups is 1. The lowest BCUT2D eigenvalue weighted by Crippen LogP contribution is -2.38. The average molecular weight is 348 g/mol. The van der Waals surface area contributed by atoms with E-state index in [4.69, 9.17) is 4.52 Å². The number of rotatable bonds is 5. The van der Waals surface area contributed by atoms with Gasteiger partial charge in [0.05, 0.1) is 19.1 Å². The summed E-state index contributed by atoms with van der Waals surface area (Å²) in [5, 5.41) is 27.6. The highest BCUT2D eigenvalue weighted by molar-refractivity contribution is 5.78. The van der Waals surface area contributed by atoms with Crippen molar-refractivity contribution < 1.29 is 14.4 Å². The maximum atomic E-state index is 12.3. The van der Waals surface area contributed by atoms with Crippen LogP contribution in [0.1, 0.15) is 36.3 Å². The van der Waals surface area contributed by atoms with Crippen LogP contribution in [0.3, 0.4) is 0 Å². The molecule has 2 fully saturated rings. The summed E-state index contributed by atoms with van der Waals surface area (Å²) >= 11 is 0. The molecular weight excluding hydrogens is 328 g/mol. The molecule has 3 heterocycles. The minimum Gasteiger partial charge on any atom is -0.390 e. The normalized spacial score (nSPS) is 22.1. The first-order valence-electron chi connectivity index (χ1n) is 8.40. The Kier molecular flexibility index (Phi) is 4.40. The number of nitrogens with zero attached hydrogens (tertiary/aromatic N) is 7. The first-order valence-corrected chi connectivity index (χ1v) is 8.40. The molecule has 2 aromatic heterocycles. The van der Waals surface area contributed by atoms with Gasteiger partial charge >= 0.3 is 0 Å². The summed E-state index contributed by atoms with van der Waals surface area (Å²) in [6.45, 7) is 2.34. The maximum Gasteiger partial charge on any atom is 0.240 e. The minimum atomic E-state index is -0.637. The number of hydrogen-bond donors (Lipinski definition) is 2. The third kappa shape index (κ3) is 3.99. The Morgan fingerprint density at radius 3 is 2.96 bits per heavy atom. The quantitative estimate of drug-likeness (QED) is 0.676. The van der Waals surface area contributed by atoms with Crippen LogP contribution in [-0.4, -0.2) is 83.9 Å². The van der Waals surface area contributed by atoms with E-state index in [0.29, 0.717) is 43.8 Å². The lowest BCUT2D eigenvalue weighted by Gasteiger charge is -2.21. The molecule has 2 aliphatic rings. The van der Waals surface area contributed by atoms with E-state index >= 15 is 0 Å². The number of aromatic amines is 1. The van der Waals surface area contributed by atoms with Crippen LogP contribution >= 0.6 is 0 Å². The SMILES string of the molecule is O=C(Cc1nn[nH]n1)N1CCN(Cc2nc(C3CC3)no2)CC(O)C1. The maximum absolute atomic E-state index is 12.3. The second kappa shape index (κ2) is 6.84. The monoisotopic (exact) mass is 348 g/mol. The van der Waals surface area contributed by atoms with Crippen LogP contribution in [0.5, 0.6) is 0 Å². The number of nitrogens with one attached hydrogen (secondary N) is 1. The standard InChI is InChI=1S/C14H20N8O3/c23-10-6-21(8-12-15-14(18-25-12)9-1-2-9)3-4-22(7-10)13(24)5-11-16-19-20-17-11/h9-10,23H,1-8H2,(H,16,17,19,20).